The Bertz CT molecular complexity index is 267. The molecular formula is C12H19N3. The molecule has 1 N–H and O–H groups in total. The van der Waals surface area contributed by atoms with Gasteiger partial charge < -0.3 is 5.32 Å². The van der Waals surface area contributed by atoms with Crippen molar-refractivity contribution in [2.75, 3.05) is 6.54 Å². The average Bonchev–Trinajstić information content (AvgIpc) is 2.79. The summed E-state index contributed by atoms with van der Waals surface area (Å²) < 4.78 is 0. The quantitative estimate of drug-likeness (QED) is 0.748. The van der Waals surface area contributed by atoms with E-state index < -0.39 is 0 Å². The monoisotopic (exact) mass is 205 g/mol. The van der Waals surface area contributed by atoms with Crippen LogP contribution in [0.1, 0.15) is 37.8 Å². The third-order valence-electron chi connectivity index (χ3n) is 3.15. The van der Waals surface area contributed by atoms with Gasteiger partial charge in [-0.3, -0.25) is 0 Å². The number of hydrogen-bond donors (Lipinski definition) is 1. The minimum absolute atomic E-state index is 0.870. The molecule has 0 aromatic carbocycles. The lowest BCUT2D eigenvalue weighted by Crippen LogP contribution is -2.17. The van der Waals surface area contributed by atoms with Gasteiger partial charge in [-0.05, 0) is 24.9 Å². The lowest BCUT2D eigenvalue weighted by atomic mass is 10.0. The summed E-state index contributed by atoms with van der Waals surface area (Å²) >= 11 is 0. The molecule has 0 spiro atoms. The topological polar surface area (TPSA) is 37.8 Å². The summed E-state index contributed by atoms with van der Waals surface area (Å²) in [7, 11) is 0. The van der Waals surface area contributed by atoms with Gasteiger partial charge in [-0.2, -0.15) is 0 Å². The van der Waals surface area contributed by atoms with Crippen LogP contribution in [-0.2, 0) is 6.54 Å². The fourth-order valence-corrected chi connectivity index (χ4v) is 2.24. The van der Waals surface area contributed by atoms with Crippen LogP contribution in [0.4, 0.5) is 0 Å². The summed E-state index contributed by atoms with van der Waals surface area (Å²) in [5.74, 6) is 0.975. The van der Waals surface area contributed by atoms with Crippen molar-refractivity contribution in [1.82, 2.24) is 15.3 Å². The molecule has 1 saturated carbocycles. The predicted molar refractivity (Wildman–Crippen MR) is 60.3 cm³/mol. The van der Waals surface area contributed by atoms with Crippen molar-refractivity contribution in [1.29, 1.82) is 0 Å². The molecule has 1 aromatic heterocycles. The van der Waals surface area contributed by atoms with Crippen molar-refractivity contribution in [3.63, 3.8) is 0 Å². The Morgan fingerprint density at radius 3 is 2.93 bits per heavy atom. The number of aromatic nitrogens is 2. The zero-order valence-corrected chi connectivity index (χ0v) is 9.15. The van der Waals surface area contributed by atoms with Crippen LogP contribution in [0.5, 0.6) is 0 Å². The standard InChI is InChI=1S/C12H19N3/c1-2-4-11(3-1)5-7-13-9-12-6-8-14-10-15-12/h6,8,10-11,13H,1-5,7,9H2. The highest BCUT2D eigenvalue weighted by Gasteiger charge is 2.13. The first-order chi connectivity index (χ1) is 7.45. The molecule has 0 aliphatic heterocycles. The molecule has 15 heavy (non-hydrogen) atoms. The molecule has 3 nitrogen and oxygen atoms in total. The van der Waals surface area contributed by atoms with E-state index in [1.165, 1.54) is 32.1 Å². The smallest absolute Gasteiger partial charge is 0.115 e. The molecule has 2 rings (SSSR count). The molecule has 0 bridgehead atoms. The van der Waals surface area contributed by atoms with E-state index in [4.69, 9.17) is 0 Å². The Labute approximate surface area is 91.3 Å². The molecule has 1 aromatic rings. The Morgan fingerprint density at radius 1 is 1.33 bits per heavy atom. The van der Waals surface area contributed by atoms with Crippen LogP contribution in [-0.4, -0.2) is 16.5 Å². The van der Waals surface area contributed by atoms with E-state index in [9.17, 15) is 0 Å². The lowest BCUT2D eigenvalue weighted by Gasteiger charge is -2.09. The Hall–Kier alpha value is -0.960. The Balaban J connectivity index is 1.59. The first-order valence-corrected chi connectivity index (χ1v) is 5.91. The number of rotatable bonds is 5. The molecule has 0 radical (unpaired) electrons. The fraction of sp³-hybridized carbons (Fsp3) is 0.667. The molecule has 3 heteroatoms. The summed E-state index contributed by atoms with van der Waals surface area (Å²) in [6.07, 6.45) is 10.5. The van der Waals surface area contributed by atoms with E-state index in [0.29, 0.717) is 0 Å². The van der Waals surface area contributed by atoms with Gasteiger partial charge in [0.15, 0.2) is 0 Å². The minimum Gasteiger partial charge on any atom is -0.311 e. The number of hydrogen-bond acceptors (Lipinski definition) is 3. The summed E-state index contributed by atoms with van der Waals surface area (Å²) in [5, 5.41) is 3.44. The molecule has 0 unspecified atom stereocenters. The van der Waals surface area contributed by atoms with Gasteiger partial charge in [-0.15, -0.1) is 0 Å². The van der Waals surface area contributed by atoms with Crippen LogP contribution >= 0.6 is 0 Å². The molecule has 1 aliphatic rings. The summed E-state index contributed by atoms with van der Waals surface area (Å²) in [6.45, 7) is 1.99. The van der Waals surface area contributed by atoms with Crippen molar-refractivity contribution >= 4 is 0 Å². The largest absolute Gasteiger partial charge is 0.311 e. The van der Waals surface area contributed by atoms with E-state index in [1.807, 2.05) is 6.07 Å². The highest BCUT2D eigenvalue weighted by molar-refractivity contribution is 4.96. The van der Waals surface area contributed by atoms with Crippen molar-refractivity contribution < 1.29 is 0 Å². The van der Waals surface area contributed by atoms with Gasteiger partial charge in [-0.25, -0.2) is 9.97 Å². The zero-order chi connectivity index (χ0) is 10.3. The first-order valence-electron chi connectivity index (χ1n) is 5.91. The van der Waals surface area contributed by atoms with Crippen LogP contribution in [0.3, 0.4) is 0 Å². The maximum atomic E-state index is 4.17. The second kappa shape index (κ2) is 5.81. The van der Waals surface area contributed by atoms with Crippen molar-refractivity contribution in [3.05, 3.63) is 24.3 Å². The molecule has 1 heterocycles. The Kier molecular flexibility index (Phi) is 4.09. The minimum atomic E-state index is 0.870. The van der Waals surface area contributed by atoms with Gasteiger partial charge in [0, 0.05) is 12.7 Å². The van der Waals surface area contributed by atoms with E-state index >= 15 is 0 Å². The Morgan fingerprint density at radius 2 is 2.20 bits per heavy atom. The highest BCUT2D eigenvalue weighted by Crippen LogP contribution is 2.26. The zero-order valence-electron chi connectivity index (χ0n) is 9.15. The van der Waals surface area contributed by atoms with Crippen LogP contribution < -0.4 is 5.32 Å². The lowest BCUT2D eigenvalue weighted by molar-refractivity contribution is 0.476. The SMILES string of the molecule is c1cc(CNCCC2CCCC2)ncn1. The van der Waals surface area contributed by atoms with E-state index in [-0.39, 0.29) is 0 Å². The molecule has 0 saturated heterocycles. The molecule has 0 amide bonds. The van der Waals surface area contributed by atoms with Crippen LogP contribution in [0, 0.1) is 5.92 Å². The first kappa shape index (κ1) is 10.6. The van der Waals surface area contributed by atoms with Crippen molar-refractivity contribution in [2.24, 2.45) is 5.92 Å². The summed E-state index contributed by atoms with van der Waals surface area (Å²) in [5.41, 5.74) is 1.08. The van der Waals surface area contributed by atoms with Crippen molar-refractivity contribution in [3.8, 4) is 0 Å². The summed E-state index contributed by atoms with van der Waals surface area (Å²) in [4.78, 5) is 8.07. The second-order valence-electron chi connectivity index (χ2n) is 4.32. The average molecular weight is 205 g/mol. The normalized spacial score (nSPS) is 17.1. The highest BCUT2D eigenvalue weighted by atomic mass is 14.9. The molecule has 82 valence electrons. The van der Waals surface area contributed by atoms with E-state index in [1.54, 1.807) is 12.5 Å². The predicted octanol–water partition coefficient (Wildman–Crippen LogP) is 2.15. The van der Waals surface area contributed by atoms with Crippen LogP contribution in [0.15, 0.2) is 18.6 Å². The van der Waals surface area contributed by atoms with Crippen LogP contribution in [0.2, 0.25) is 0 Å². The number of nitrogens with one attached hydrogen (secondary N) is 1. The van der Waals surface area contributed by atoms with Gasteiger partial charge in [0.2, 0.25) is 0 Å². The third-order valence-corrected chi connectivity index (χ3v) is 3.15. The number of nitrogens with zero attached hydrogens (tertiary/aromatic N) is 2. The second-order valence-corrected chi connectivity index (χ2v) is 4.32. The molecule has 0 atom stereocenters. The van der Waals surface area contributed by atoms with Crippen LogP contribution in [0.25, 0.3) is 0 Å². The fourth-order valence-electron chi connectivity index (χ4n) is 2.24. The van der Waals surface area contributed by atoms with Gasteiger partial charge in [0.05, 0.1) is 5.69 Å². The van der Waals surface area contributed by atoms with Gasteiger partial charge in [0.1, 0.15) is 6.33 Å². The van der Waals surface area contributed by atoms with E-state index in [2.05, 4.69) is 15.3 Å². The van der Waals surface area contributed by atoms with E-state index in [0.717, 1.165) is 24.7 Å². The van der Waals surface area contributed by atoms with Crippen molar-refractivity contribution in [2.45, 2.75) is 38.6 Å². The van der Waals surface area contributed by atoms with Gasteiger partial charge in [0.25, 0.3) is 0 Å². The van der Waals surface area contributed by atoms with Gasteiger partial charge >= 0.3 is 0 Å². The maximum Gasteiger partial charge on any atom is 0.115 e. The molecule has 1 fully saturated rings. The molecular weight excluding hydrogens is 186 g/mol. The molecule has 1 aliphatic carbocycles. The third kappa shape index (κ3) is 3.59. The maximum absolute atomic E-state index is 4.17. The summed E-state index contributed by atoms with van der Waals surface area (Å²) in [6, 6.07) is 1.96. The van der Waals surface area contributed by atoms with Gasteiger partial charge in [-0.1, -0.05) is 25.7 Å².